The Kier molecular flexibility index (Phi) is 4.56. The summed E-state index contributed by atoms with van der Waals surface area (Å²) >= 11 is 5.84. The van der Waals surface area contributed by atoms with E-state index in [4.69, 9.17) is 5.73 Å². The third kappa shape index (κ3) is 2.05. The maximum absolute atomic E-state index is 10.7. The zero-order chi connectivity index (χ0) is 10.9. The molecule has 0 bridgehead atoms. The summed E-state index contributed by atoms with van der Waals surface area (Å²) in [6, 6.07) is 0. The van der Waals surface area contributed by atoms with E-state index in [2.05, 4.69) is 0 Å². The Labute approximate surface area is 122 Å². The summed E-state index contributed by atoms with van der Waals surface area (Å²) in [5, 5.41) is 0. The van der Waals surface area contributed by atoms with Gasteiger partial charge in [0, 0.05) is 10.7 Å². The molecule has 0 saturated carbocycles. The summed E-state index contributed by atoms with van der Waals surface area (Å²) in [6.07, 6.45) is 3.56. The Balaban J connectivity index is 3.72. The van der Waals surface area contributed by atoms with Gasteiger partial charge >= 0.3 is 0 Å². The smallest absolute Gasteiger partial charge is 0.235 e. The number of carbonyl (C=O) groups excluding carboxylic acids is 2. The Bertz CT molecular complexity index is 383. The number of halogens is 3. The van der Waals surface area contributed by atoms with Crippen molar-refractivity contribution in [1.82, 2.24) is 0 Å². The van der Waals surface area contributed by atoms with E-state index in [0.29, 0.717) is 27.5 Å². The first-order chi connectivity index (χ1) is 6.54. The minimum Gasteiger partial charge on any atom is -0.397 e. The molecule has 0 aliphatic heterocycles. The van der Waals surface area contributed by atoms with Crippen molar-refractivity contribution in [1.29, 1.82) is 0 Å². The second kappa shape index (κ2) is 5.05. The molecule has 0 spiro atoms. The highest BCUT2D eigenvalue weighted by atomic mass is 127. The van der Waals surface area contributed by atoms with Gasteiger partial charge in [0.2, 0.25) is 12.6 Å². The van der Waals surface area contributed by atoms with Crippen LogP contribution in [0.2, 0.25) is 0 Å². The predicted molar refractivity (Wildman–Crippen MR) is 78.6 cm³/mol. The van der Waals surface area contributed by atoms with E-state index in [-0.39, 0.29) is 0 Å². The predicted octanol–water partition coefficient (Wildman–Crippen LogP) is 2.00. The standard InChI is InChI=1S/C8H2I3NO2/c9-5-3(1-13)6(10)8(12)7(11)4(5)2-14/h12H2. The van der Waals surface area contributed by atoms with Gasteiger partial charge in [-0.1, -0.05) is 0 Å². The molecule has 1 aromatic rings. The third-order valence-corrected chi connectivity index (χ3v) is 4.87. The summed E-state index contributed by atoms with van der Waals surface area (Å²) in [5.74, 6) is 0. The Morgan fingerprint density at radius 3 is 1.50 bits per heavy atom. The van der Waals surface area contributed by atoms with Gasteiger partial charge in [-0.05, 0) is 67.8 Å². The Morgan fingerprint density at radius 2 is 1.21 bits per heavy atom. The Hall–Kier alpha value is 0.550. The van der Waals surface area contributed by atoms with E-state index in [1.807, 2.05) is 67.8 Å². The van der Waals surface area contributed by atoms with Gasteiger partial charge in [-0.3, -0.25) is 9.59 Å². The molecule has 0 fully saturated rings. The van der Waals surface area contributed by atoms with Gasteiger partial charge in [0.25, 0.3) is 0 Å². The monoisotopic (exact) mass is 525 g/mol. The van der Waals surface area contributed by atoms with E-state index < -0.39 is 0 Å². The van der Waals surface area contributed by atoms with Gasteiger partial charge in [0.15, 0.2) is 0 Å². The van der Waals surface area contributed by atoms with Crippen molar-refractivity contribution < 1.29 is 9.59 Å². The molecule has 3 nitrogen and oxygen atoms in total. The summed E-state index contributed by atoms with van der Waals surface area (Å²) < 4.78 is 1.81. The lowest BCUT2D eigenvalue weighted by molar-refractivity contribution is 0.561. The van der Waals surface area contributed by atoms with Gasteiger partial charge in [-0.15, -0.1) is 0 Å². The van der Waals surface area contributed by atoms with Crippen LogP contribution in [-0.2, 0) is 9.59 Å². The fourth-order valence-corrected chi connectivity index (χ4v) is 4.47. The Morgan fingerprint density at radius 1 is 0.857 bits per heavy atom. The van der Waals surface area contributed by atoms with Crippen molar-refractivity contribution in [2.24, 2.45) is 0 Å². The fourth-order valence-electron chi connectivity index (χ4n) is 0.863. The lowest BCUT2D eigenvalue weighted by Gasteiger charge is -2.09. The van der Waals surface area contributed by atoms with Gasteiger partial charge in [-0.2, -0.15) is 0 Å². The maximum atomic E-state index is 10.7. The van der Waals surface area contributed by atoms with E-state index in [1.54, 1.807) is 12.6 Å². The van der Waals surface area contributed by atoms with Crippen molar-refractivity contribution in [3.05, 3.63) is 21.8 Å². The molecule has 0 aliphatic carbocycles. The number of rotatable bonds is 2. The molecular formula is C8H2I3NO2. The van der Waals surface area contributed by atoms with Gasteiger partial charge < -0.3 is 5.73 Å². The first kappa shape index (κ1) is 12.6. The molecular weight excluding hydrogens is 523 g/mol. The van der Waals surface area contributed by atoms with Crippen LogP contribution in [-0.4, -0.2) is 12.6 Å². The molecule has 0 amide bonds. The number of hydrogen-bond acceptors (Lipinski definition) is 3. The summed E-state index contributed by atoms with van der Waals surface area (Å²) in [7, 11) is 0. The third-order valence-electron chi connectivity index (χ3n) is 1.56. The summed E-state index contributed by atoms with van der Waals surface area (Å²) in [4.78, 5) is 21.3. The molecule has 1 rings (SSSR count). The van der Waals surface area contributed by atoms with Gasteiger partial charge in [0.05, 0.1) is 16.8 Å². The molecule has 0 aliphatic rings. The zero-order valence-corrected chi connectivity index (χ0v) is 13.0. The van der Waals surface area contributed by atoms with Crippen LogP contribution in [0.4, 0.5) is 5.69 Å². The van der Waals surface area contributed by atoms with E-state index in [9.17, 15) is 9.59 Å². The molecule has 14 heavy (non-hydrogen) atoms. The van der Waals surface area contributed by atoms with Crippen molar-refractivity contribution in [2.45, 2.75) is 0 Å². The van der Waals surface area contributed by atoms with Crippen LogP contribution < -0.4 is 5.73 Å². The molecule has 0 saturated heterocycles. The van der Waals surface area contributed by atoms with E-state index in [0.717, 1.165) is 0 Å². The van der Waals surface area contributed by atoms with Crippen molar-refractivity contribution in [3.63, 3.8) is 0 Å². The van der Waals surface area contributed by atoms with Crippen LogP contribution in [0, 0.1) is 10.7 Å². The lowest BCUT2D eigenvalue weighted by atomic mass is 10.1. The number of nitrogen functional groups attached to an aromatic ring is 1. The van der Waals surface area contributed by atoms with Crippen LogP contribution in [0.25, 0.3) is 0 Å². The molecule has 0 aromatic heterocycles. The second-order valence-electron chi connectivity index (χ2n) is 2.31. The minimum absolute atomic E-state index is 0.336. The van der Waals surface area contributed by atoms with Crippen molar-refractivity contribution >= 4 is 86.0 Å². The molecule has 0 unspecified atom stereocenters. The zero-order valence-electron chi connectivity index (χ0n) is 6.53. The molecule has 0 atom stereocenters. The number of hydrogen-bond donors (Lipinski definition) is 1. The molecule has 2 radical (unpaired) electrons. The van der Waals surface area contributed by atoms with Crippen LogP contribution in [0.1, 0.15) is 11.1 Å². The first-order valence-corrected chi connectivity index (χ1v) is 6.50. The van der Waals surface area contributed by atoms with Crippen LogP contribution in [0.5, 0.6) is 0 Å². The van der Waals surface area contributed by atoms with E-state index in [1.165, 1.54) is 0 Å². The number of anilines is 1. The highest BCUT2D eigenvalue weighted by Gasteiger charge is 2.18. The molecule has 0 heterocycles. The fraction of sp³-hybridized carbons (Fsp3) is 0. The largest absolute Gasteiger partial charge is 0.397 e. The average Bonchev–Trinajstić information content (AvgIpc) is 2.16. The summed E-state index contributed by atoms with van der Waals surface area (Å²) in [5.41, 5.74) is 6.83. The second-order valence-corrected chi connectivity index (χ2v) is 5.55. The topological polar surface area (TPSA) is 60.2 Å². The first-order valence-electron chi connectivity index (χ1n) is 3.26. The maximum Gasteiger partial charge on any atom is 0.235 e. The summed E-state index contributed by atoms with van der Waals surface area (Å²) in [6.45, 7) is 0. The SMILES string of the molecule is Nc1c(I)c([C]=O)c(I)c([C]=O)c1I. The normalized spacial score (nSPS) is 9.93. The molecule has 2 N–H and O–H groups in total. The molecule has 6 heteroatoms. The number of benzene rings is 1. The number of nitrogens with two attached hydrogens (primary N) is 1. The lowest BCUT2D eigenvalue weighted by Crippen LogP contribution is -2.06. The van der Waals surface area contributed by atoms with E-state index >= 15 is 0 Å². The van der Waals surface area contributed by atoms with Crippen molar-refractivity contribution in [3.8, 4) is 0 Å². The highest BCUT2D eigenvalue weighted by molar-refractivity contribution is 14.1. The molecule has 72 valence electrons. The van der Waals surface area contributed by atoms with Crippen molar-refractivity contribution in [2.75, 3.05) is 5.73 Å². The van der Waals surface area contributed by atoms with Gasteiger partial charge in [-0.25, -0.2) is 0 Å². The average molecular weight is 525 g/mol. The van der Waals surface area contributed by atoms with Crippen LogP contribution in [0.15, 0.2) is 0 Å². The molecule has 1 aromatic carbocycles. The van der Waals surface area contributed by atoms with Gasteiger partial charge in [0.1, 0.15) is 0 Å². The van der Waals surface area contributed by atoms with Crippen LogP contribution in [0.3, 0.4) is 0 Å². The van der Waals surface area contributed by atoms with Crippen LogP contribution >= 0.6 is 67.8 Å². The minimum atomic E-state index is 0.336. The highest BCUT2D eigenvalue weighted by Crippen LogP contribution is 2.31. The quantitative estimate of drug-likeness (QED) is 0.476.